The minimum absolute atomic E-state index is 0.733. The molecule has 10 aromatic rings. The number of thiophene rings is 1. The van der Waals surface area contributed by atoms with Gasteiger partial charge in [-0.3, -0.25) is 0 Å². The third kappa shape index (κ3) is 7.41. The van der Waals surface area contributed by atoms with Gasteiger partial charge in [0.05, 0.1) is 0 Å². The molecule has 0 amide bonds. The number of anilines is 2. The quantitative estimate of drug-likeness (QED) is 0.155. The Morgan fingerprint density at radius 2 is 0.841 bits per heavy atom. The molecule has 298 valence electrons. The first-order valence-electron chi connectivity index (χ1n) is 21.6. The lowest BCUT2D eigenvalue weighted by Gasteiger charge is -2.27. The molecule has 0 bridgehead atoms. The first kappa shape index (κ1) is 38.2. The lowest BCUT2D eigenvalue weighted by atomic mass is 9.90. The van der Waals surface area contributed by atoms with Crippen LogP contribution in [0.25, 0.3) is 92.5 Å². The Labute approximate surface area is 373 Å². The zero-order valence-electron chi connectivity index (χ0n) is 34.8. The molecule has 0 atom stereocenters. The van der Waals surface area contributed by atoms with Gasteiger partial charge in [-0.25, -0.2) is 0 Å². The lowest BCUT2D eigenvalue weighted by Crippen LogP contribution is -2.18. The molecule has 2 heteroatoms. The first-order chi connectivity index (χ1) is 31.1. The van der Waals surface area contributed by atoms with Gasteiger partial charge in [0, 0.05) is 43.7 Å². The van der Waals surface area contributed by atoms with Crippen molar-refractivity contribution in [2.75, 3.05) is 11.4 Å². The van der Waals surface area contributed by atoms with E-state index in [1.165, 1.54) is 75.8 Å². The summed E-state index contributed by atoms with van der Waals surface area (Å²) in [5, 5.41) is 2.58. The number of nitrogens with zero attached hydrogens (tertiary/aromatic N) is 1. The number of benzene rings is 9. The maximum Gasteiger partial charge on any atom is 0.0493 e. The van der Waals surface area contributed by atoms with Gasteiger partial charge >= 0.3 is 0 Å². The number of hydrogen-bond donors (Lipinski definition) is 0. The van der Waals surface area contributed by atoms with E-state index in [0.717, 1.165) is 40.2 Å². The van der Waals surface area contributed by atoms with Crippen molar-refractivity contribution < 1.29 is 0 Å². The van der Waals surface area contributed by atoms with Crippen LogP contribution >= 0.6 is 11.3 Å². The van der Waals surface area contributed by atoms with E-state index < -0.39 is 0 Å². The standard InChI is InChI=1S/C61H43NS/c1-42-17-6-5-13-36-62(53-33-30-45(31-34-53)43-18-7-2-8-19-43)59-35-32-49(41-58(42)59)51-38-50(48-25-14-24-47(37-48)44-20-9-3-10-21-44)39-52(40-51)55-27-16-29-57-56-28-15-26-54(60(56)63-61(55)57)46-22-11-4-12-23-46/h2-35,37-41H,1,36H2/b13-5-,17-6-. The van der Waals surface area contributed by atoms with Crippen LogP contribution in [0.15, 0.2) is 243 Å². The van der Waals surface area contributed by atoms with Gasteiger partial charge in [0.1, 0.15) is 0 Å². The van der Waals surface area contributed by atoms with Crippen LogP contribution in [-0.4, -0.2) is 6.54 Å². The normalized spacial score (nSPS) is 13.6. The van der Waals surface area contributed by atoms with Gasteiger partial charge in [0.2, 0.25) is 0 Å². The SMILES string of the molecule is C=C1/C=C\C=C/CN(c2ccc(-c3ccccc3)cc2)c2ccc(-c3cc(-c4cccc(-c5ccccc5)c4)cc(-c4cccc5c4sc4c(-c6ccccc6)cccc45)c3)cc21. The lowest BCUT2D eigenvalue weighted by molar-refractivity contribution is 1.09. The molecule has 1 aliphatic heterocycles. The second kappa shape index (κ2) is 16.6. The van der Waals surface area contributed by atoms with Crippen molar-refractivity contribution in [3.63, 3.8) is 0 Å². The maximum atomic E-state index is 4.62. The Bertz CT molecular complexity index is 3350. The Kier molecular flexibility index (Phi) is 10.0. The van der Waals surface area contributed by atoms with Crippen molar-refractivity contribution in [2.45, 2.75) is 0 Å². The molecule has 1 aromatic heterocycles. The van der Waals surface area contributed by atoms with E-state index >= 15 is 0 Å². The Hall–Kier alpha value is -7.78. The first-order valence-corrected chi connectivity index (χ1v) is 22.4. The topological polar surface area (TPSA) is 3.24 Å². The molecule has 0 unspecified atom stereocenters. The van der Waals surface area contributed by atoms with Gasteiger partial charge in [-0.15, -0.1) is 11.3 Å². The van der Waals surface area contributed by atoms with Crippen molar-refractivity contribution >= 4 is 48.5 Å². The number of allylic oxidation sites excluding steroid dienone is 4. The molecular formula is C61H43NS. The summed E-state index contributed by atoms with van der Waals surface area (Å²) in [4.78, 5) is 2.39. The van der Waals surface area contributed by atoms with Crippen molar-refractivity contribution in [3.05, 3.63) is 249 Å². The molecule has 0 saturated heterocycles. The number of rotatable bonds is 7. The van der Waals surface area contributed by atoms with Gasteiger partial charge in [0.25, 0.3) is 0 Å². The molecule has 0 saturated carbocycles. The van der Waals surface area contributed by atoms with Crippen LogP contribution in [0, 0.1) is 0 Å². The highest BCUT2D eigenvalue weighted by Gasteiger charge is 2.19. The maximum absolute atomic E-state index is 4.62. The zero-order chi connectivity index (χ0) is 42.1. The summed E-state index contributed by atoms with van der Waals surface area (Å²) in [6, 6.07) is 77.5. The highest BCUT2D eigenvalue weighted by molar-refractivity contribution is 7.26. The van der Waals surface area contributed by atoms with Crippen LogP contribution in [-0.2, 0) is 0 Å². The molecule has 0 spiro atoms. The van der Waals surface area contributed by atoms with E-state index in [9.17, 15) is 0 Å². The highest BCUT2D eigenvalue weighted by atomic mass is 32.1. The third-order valence-electron chi connectivity index (χ3n) is 12.2. The van der Waals surface area contributed by atoms with E-state index in [2.05, 4.69) is 248 Å². The van der Waals surface area contributed by atoms with Gasteiger partial charge in [-0.2, -0.15) is 0 Å². The Morgan fingerprint density at radius 3 is 1.49 bits per heavy atom. The second-order valence-corrected chi connectivity index (χ2v) is 17.2. The van der Waals surface area contributed by atoms with Gasteiger partial charge in [-0.05, 0) is 121 Å². The van der Waals surface area contributed by atoms with E-state index in [1.807, 2.05) is 11.3 Å². The fourth-order valence-corrected chi connectivity index (χ4v) is 10.4. The number of fused-ring (bicyclic) bond motifs is 4. The predicted molar refractivity (Wildman–Crippen MR) is 273 cm³/mol. The van der Waals surface area contributed by atoms with Crippen LogP contribution in [0.3, 0.4) is 0 Å². The Balaban J connectivity index is 1.07. The average Bonchev–Trinajstić information content (AvgIpc) is 3.78. The van der Waals surface area contributed by atoms with Crippen LogP contribution in [0.4, 0.5) is 11.4 Å². The van der Waals surface area contributed by atoms with Gasteiger partial charge < -0.3 is 4.90 Å². The fraction of sp³-hybridized carbons (Fsp3) is 0.0164. The largest absolute Gasteiger partial charge is 0.337 e. The van der Waals surface area contributed by atoms with Crippen LogP contribution in [0.5, 0.6) is 0 Å². The summed E-state index contributed by atoms with van der Waals surface area (Å²) in [6.45, 7) is 5.36. The highest BCUT2D eigenvalue weighted by Crippen LogP contribution is 2.46. The van der Waals surface area contributed by atoms with Crippen LogP contribution < -0.4 is 4.90 Å². The monoisotopic (exact) mass is 821 g/mol. The molecule has 0 radical (unpaired) electrons. The molecule has 9 aromatic carbocycles. The fourth-order valence-electron chi connectivity index (χ4n) is 9.04. The average molecular weight is 822 g/mol. The summed E-state index contributed by atoms with van der Waals surface area (Å²) in [7, 11) is 0. The minimum Gasteiger partial charge on any atom is -0.337 e. The summed E-state index contributed by atoms with van der Waals surface area (Å²) in [5.41, 5.74) is 18.8. The van der Waals surface area contributed by atoms with Crippen molar-refractivity contribution in [2.24, 2.45) is 0 Å². The second-order valence-electron chi connectivity index (χ2n) is 16.1. The molecule has 0 N–H and O–H groups in total. The Morgan fingerprint density at radius 1 is 0.365 bits per heavy atom. The molecule has 2 heterocycles. The van der Waals surface area contributed by atoms with E-state index in [0.29, 0.717) is 0 Å². The molecule has 11 rings (SSSR count). The van der Waals surface area contributed by atoms with Crippen LogP contribution in [0.1, 0.15) is 5.56 Å². The van der Waals surface area contributed by atoms with Gasteiger partial charge in [-0.1, -0.05) is 195 Å². The van der Waals surface area contributed by atoms with E-state index in [1.54, 1.807) is 0 Å². The van der Waals surface area contributed by atoms with Crippen molar-refractivity contribution in [1.82, 2.24) is 0 Å². The minimum atomic E-state index is 0.733. The molecule has 1 nitrogen and oxygen atoms in total. The smallest absolute Gasteiger partial charge is 0.0493 e. The molecule has 63 heavy (non-hydrogen) atoms. The summed E-state index contributed by atoms with van der Waals surface area (Å²) in [6.07, 6.45) is 8.58. The zero-order valence-corrected chi connectivity index (χ0v) is 35.6. The predicted octanol–water partition coefficient (Wildman–Crippen LogP) is 17.3. The summed E-state index contributed by atoms with van der Waals surface area (Å²) < 4.78 is 2.61. The third-order valence-corrected chi connectivity index (χ3v) is 13.5. The molecular weight excluding hydrogens is 779 g/mol. The summed E-state index contributed by atoms with van der Waals surface area (Å²) in [5.74, 6) is 0. The van der Waals surface area contributed by atoms with Crippen molar-refractivity contribution in [3.8, 4) is 66.8 Å². The molecule has 0 fully saturated rings. The molecule has 1 aliphatic rings. The van der Waals surface area contributed by atoms with E-state index in [4.69, 9.17) is 0 Å². The molecule has 0 aliphatic carbocycles. The van der Waals surface area contributed by atoms with Gasteiger partial charge in [0.15, 0.2) is 0 Å². The van der Waals surface area contributed by atoms with Crippen LogP contribution in [0.2, 0.25) is 0 Å². The van der Waals surface area contributed by atoms with E-state index in [-0.39, 0.29) is 0 Å². The number of hydrogen-bond acceptors (Lipinski definition) is 2. The summed E-state index contributed by atoms with van der Waals surface area (Å²) >= 11 is 1.90. The van der Waals surface area contributed by atoms with Crippen molar-refractivity contribution in [1.29, 1.82) is 0 Å².